The monoisotopic (exact) mass is 350 g/mol. The van der Waals surface area contributed by atoms with Gasteiger partial charge in [-0.3, -0.25) is 19.3 Å². The molecular weight excluding hydrogens is 328 g/mol. The smallest absolute Gasteiger partial charge is 0.300 e. The van der Waals surface area contributed by atoms with Crippen LogP contribution in [0.1, 0.15) is 30.1 Å². The molecule has 1 heterocycles. The highest BCUT2D eigenvalue weighted by Crippen LogP contribution is 2.47. The average molecular weight is 350 g/mol. The molecule has 0 aliphatic carbocycles. The number of Topliss-reactive ketones (excluding diaryl/α,β-unsaturated/α-hetero) is 1. The molecule has 0 saturated carbocycles. The highest BCUT2D eigenvalue weighted by Gasteiger charge is 2.41. The Morgan fingerprint density at radius 1 is 1.12 bits per heavy atom. The van der Waals surface area contributed by atoms with Gasteiger partial charge in [0.05, 0.1) is 32.6 Å². The quantitative estimate of drug-likeness (QED) is 0.558. The molecule has 0 radical (unpaired) electrons. The van der Waals surface area contributed by atoms with E-state index in [-0.39, 0.29) is 35.2 Å². The van der Waals surface area contributed by atoms with Crippen molar-refractivity contribution < 1.29 is 28.6 Å². The van der Waals surface area contributed by atoms with Gasteiger partial charge in [-0.2, -0.15) is 0 Å². The number of benzene rings is 1. The molecule has 1 N–H and O–H groups in total. The number of nitrogens with zero attached hydrogens (tertiary/aromatic N) is 1. The zero-order chi connectivity index (χ0) is 18.6. The number of anilines is 1. The summed E-state index contributed by atoms with van der Waals surface area (Å²) in [7, 11) is 4.21. The molecule has 0 spiro atoms. The maximum absolute atomic E-state index is 12.4. The van der Waals surface area contributed by atoms with Gasteiger partial charge in [0, 0.05) is 12.6 Å². The lowest BCUT2D eigenvalue weighted by atomic mass is 10.1. The van der Waals surface area contributed by atoms with Gasteiger partial charge >= 0.3 is 0 Å². The number of nitrogens with one attached hydrogen (secondary N) is 1. The van der Waals surface area contributed by atoms with Gasteiger partial charge in [-0.1, -0.05) is 13.3 Å². The van der Waals surface area contributed by atoms with E-state index in [0.29, 0.717) is 12.3 Å². The molecule has 136 valence electrons. The molecular formula is C17H22N2O6. The SMILES string of the molecule is CCCCNC(=O)CN1C(=O)C(=O)c2c1cc(OC)c(OC)c2OC. The van der Waals surface area contributed by atoms with Crippen LogP contribution in [0.3, 0.4) is 0 Å². The van der Waals surface area contributed by atoms with Crippen LogP contribution in [0.25, 0.3) is 0 Å². The molecule has 1 aromatic rings. The first-order valence-electron chi connectivity index (χ1n) is 7.95. The van der Waals surface area contributed by atoms with Gasteiger partial charge in [0.1, 0.15) is 6.54 Å². The molecule has 25 heavy (non-hydrogen) atoms. The van der Waals surface area contributed by atoms with E-state index in [0.717, 1.165) is 17.7 Å². The van der Waals surface area contributed by atoms with Gasteiger partial charge < -0.3 is 19.5 Å². The summed E-state index contributed by atoms with van der Waals surface area (Å²) in [6, 6.07) is 1.50. The summed E-state index contributed by atoms with van der Waals surface area (Å²) in [5.41, 5.74) is 0.349. The number of hydrogen-bond donors (Lipinski definition) is 1. The first-order valence-corrected chi connectivity index (χ1v) is 7.95. The van der Waals surface area contributed by atoms with Gasteiger partial charge in [-0.25, -0.2) is 0 Å². The fourth-order valence-electron chi connectivity index (χ4n) is 2.68. The molecule has 8 heteroatoms. The second-order valence-electron chi connectivity index (χ2n) is 5.46. The normalized spacial score (nSPS) is 12.9. The molecule has 0 saturated heterocycles. The number of ether oxygens (including phenoxy) is 3. The Bertz CT molecular complexity index is 701. The number of hydrogen-bond acceptors (Lipinski definition) is 6. The molecule has 0 atom stereocenters. The molecule has 2 amide bonds. The lowest BCUT2D eigenvalue weighted by molar-refractivity contribution is -0.122. The van der Waals surface area contributed by atoms with Crippen molar-refractivity contribution in [2.75, 3.05) is 39.3 Å². The summed E-state index contributed by atoms with van der Waals surface area (Å²) >= 11 is 0. The number of ketones is 1. The second kappa shape index (κ2) is 7.87. The van der Waals surface area contributed by atoms with Crippen molar-refractivity contribution in [3.8, 4) is 17.2 Å². The number of amides is 2. The molecule has 1 aromatic carbocycles. The maximum atomic E-state index is 12.4. The van der Waals surface area contributed by atoms with Gasteiger partial charge in [0.25, 0.3) is 11.7 Å². The Labute approximate surface area is 146 Å². The van der Waals surface area contributed by atoms with Crippen molar-refractivity contribution in [1.82, 2.24) is 5.32 Å². The summed E-state index contributed by atoms with van der Waals surface area (Å²) < 4.78 is 15.8. The molecule has 1 aliphatic heterocycles. The fraction of sp³-hybridized carbons (Fsp3) is 0.471. The van der Waals surface area contributed by atoms with Crippen molar-refractivity contribution in [2.45, 2.75) is 19.8 Å². The molecule has 0 unspecified atom stereocenters. The third-order valence-electron chi connectivity index (χ3n) is 3.92. The van der Waals surface area contributed by atoms with Crippen LogP contribution in [0.2, 0.25) is 0 Å². The average Bonchev–Trinajstić information content (AvgIpc) is 2.84. The standard InChI is InChI=1S/C17H22N2O6/c1-5-6-7-18-12(20)9-19-10-8-11(23-2)15(24-3)16(25-4)13(10)14(21)17(19)22/h8H,5-7,9H2,1-4H3,(H,18,20). The van der Waals surface area contributed by atoms with Gasteiger partial charge in [-0.05, 0) is 6.42 Å². The minimum atomic E-state index is -0.783. The van der Waals surface area contributed by atoms with Crippen molar-refractivity contribution in [3.05, 3.63) is 11.6 Å². The third kappa shape index (κ3) is 3.38. The van der Waals surface area contributed by atoms with E-state index in [9.17, 15) is 14.4 Å². The van der Waals surface area contributed by atoms with Crippen LogP contribution in [-0.4, -0.2) is 52.0 Å². The molecule has 2 rings (SSSR count). The molecule has 0 aromatic heterocycles. The van der Waals surface area contributed by atoms with Crippen molar-refractivity contribution in [2.24, 2.45) is 0 Å². The summed E-state index contributed by atoms with van der Waals surface area (Å²) in [5.74, 6) is -1.22. The van der Waals surface area contributed by atoms with E-state index in [1.807, 2.05) is 6.92 Å². The highest BCUT2D eigenvalue weighted by molar-refractivity contribution is 6.53. The minimum absolute atomic E-state index is 0.0755. The highest BCUT2D eigenvalue weighted by atomic mass is 16.5. The molecule has 8 nitrogen and oxygen atoms in total. The first-order chi connectivity index (χ1) is 12.0. The molecule has 0 bridgehead atoms. The number of unbranched alkanes of at least 4 members (excludes halogenated alkanes) is 1. The lowest BCUT2D eigenvalue weighted by Gasteiger charge is -2.19. The number of carbonyl (C=O) groups excluding carboxylic acids is 3. The maximum Gasteiger partial charge on any atom is 0.300 e. The van der Waals surface area contributed by atoms with Crippen LogP contribution < -0.4 is 24.4 Å². The Morgan fingerprint density at radius 3 is 2.36 bits per heavy atom. The first kappa shape index (κ1) is 18.6. The zero-order valence-electron chi connectivity index (χ0n) is 14.8. The van der Waals surface area contributed by atoms with Gasteiger partial charge in [-0.15, -0.1) is 0 Å². The van der Waals surface area contributed by atoms with Crippen molar-refractivity contribution in [3.63, 3.8) is 0 Å². The van der Waals surface area contributed by atoms with Crippen molar-refractivity contribution in [1.29, 1.82) is 0 Å². The minimum Gasteiger partial charge on any atom is -0.493 e. The van der Waals surface area contributed by atoms with E-state index < -0.39 is 11.7 Å². The predicted molar refractivity (Wildman–Crippen MR) is 90.7 cm³/mol. The van der Waals surface area contributed by atoms with Crippen LogP contribution >= 0.6 is 0 Å². The van der Waals surface area contributed by atoms with E-state index in [4.69, 9.17) is 14.2 Å². The van der Waals surface area contributed by atoms with Gasteiger partial charge in [0.15, 0.2) is 11.5 Å². The Morgan fingerprint density at radius 2 is 1.80 bits per heavy atom. The van der Waals surface area contributed by atoms with Crippen molar-refractivity contribution >= 4 is 23.3 Å². The zero-order valence-corrected chi connectivity index (χ0v) is 14.8. The second-order valence-corrected chi connectivity index (χ2v) is 5.46. The summed E-state index contributed by atoms with van der Waals surface area (Å²) in [5, 5.41) is 2.73. The summed E-state index contributed by atoms with van der Waals surface area (Å²) in [6.45, 7) is 2.28. The van der Waals surface area contributed by atoms with Crippen LogP contribution in [0.15, 0.2) is 6.07 Å². The van der Waals surface area contributed by atoms with E-state index in [1.54, 1.807) is 0 Å². The number of fused-ring (bicyclic) bond motifs is 1. The number of methoxy groups -OCH3 is 3. The lowest BCUT2D eigenvalue weighted by Crippen LogP contribution is -2.40. The Kier molecular flexibility index (Phi) is 5.84. The summed E-state index contributed by atoms with van der Waals surface area (Å²) in [6.07, 6.45) is 1.78. The predicted octanol–water partition coefficient (Wildman–Crippen LogP) is 1.16. The van der Waals surface area contributed by atoms with E-state index in [2.05, 4.69) is 5.32 Å². The van der Waals surface area contributed by atoms with Crippen LogP contribution in [0.4, 0.5) is 5.69 Å². The Balaban J connectivity index is 2.40. The van der Waals surface area contributed by atoms with E-state index >= 15 is 0 Å². The largest absolute Gasteiger partial charge is 0.493 e. The van der Waals surface area contributed by atoms with Crippen LogP contribution in [0, 0.1) is 0 Å². The molecule has 0 fully saturated rings. The van der Waals surface area contributed by atoms with E-state index in [1.165, 1.54) is 27.4 Å². The van der Waals surface area contributed by atoms with Gasteiger partial charge in [0.2, 0.25) is 11.7 Å². The summed E-state index contributed by atoms with van der Waals surface area (Å²) in [4.78, 5) is 37.9. The topological polar surface area (TPSA) is 94.2 Å². The number of rotatable bonds is 8. The third-order valence-corrected chi connectivity index (χ3v) is 3.92. The number of carbonyl (C=O) groups is 3. The Hall–Kier alpha value is -2.77. The fourth-order valence-corrected chi connectivity index (χ4v) is 2.68. The van der Waals surface area contributed by atoms with Crippen LogP contribution in [0.5, 0.6) is 17.2 Å². The van der Waals surface area contributed by atoms with Crippen LogP contribution in [-0.2, 0) is 9.59 Å². The molecule has 1 aliphatic rings.